The van der Waals surface area contributed by atoms with Gasteiger partial charge in [0, 0.05) is 17.8 Å². The van der Waals surface area contributed by atoms with Crippen molar-refractivity contribution in [2.24, 2.45) is 0 Å². The van der Waals surface area contributed by atoms with Crippen LogP contribution in [0.5, 0.6) is 0 Å². The molecule has 1 aromatic rings. The van der Waals surface area contributed by atoms with Gasteiger partial charge in [-0.05, 0) is 19.1 Å². The van der Waals surface area contributed by atoms with Crippen LogP contribution in [0.1, 0.15) is 11.4 Å². The van der Waals surface area contributed by atoms with Gasteiger partial charge >= 0.3 is 0 Å². The van der Waals surface area contributed by atoms with Crippen molar-refractivity contribution in [1.29, 1.82) is 0 Å². The Morgan fingerprint density at radius 2 is 2.07 bits per heavy atom. The van der Waals surface area contributed by atoms with Crippen molar-refractivity contribution in [3.8, 4) is 0 Å². The lowest BCUT2D eigenvalue weighted by Gasteiger charge is -2.18. The normalized spacial score (nSPS) is 14.1. The third kappa shape index (κ3) is 3.62. The summed E-state index contributed by atoms with van der Waals surface area (Å²) in [5.41, 5.74) is 1.59. The molecule has 14 heavy (non-hydrogen) atoms. The molecule has 0 saturated carbocycles. The van der Waals surface area contributed by atoms with Crippen LogP contribution < -0.4 is 0 Å². The fraction of sp³-hybridized carbons (Fsp3) is 0.444. The first-order valence-electron chi connectivity index (χ1n) is 4.07. The van der Waals surface area contributed by atoms with E-state index in [0.717, 1.165) is 5.69 Å². The van der Waals surface area contributed by atoms with E-state index in [-0.39, 0.29) is 6.42 Å². The van der Waals surface area contributed by atoms with Crippen molar-refractivity contribution in [2.45, 2.75) is 23.2 Å². The van der Waals surface area contributed by atoms with E-state index in [1.807, 2.05) is 19.1 Å². The number of aromatic nitrogens is 1. The fourth-order valence-corrected chi connectivity index (χ4v) is 1.26. The lowest BCUT2D eigenvalue weighted by molar-refractivity contribution is 0.178. The van der Waals surface area contributed by atoms with Gasteiger partial charge in [0.25, 0.3) is 0 Å². The van der Waals surface area contributed by atoms with Crippen molar-refractivity contribution in [1.82, 2.24) is 4.98 Å². The molecule has 2 nitrogen and oxygen atoms in total. The first-order chi connectivity index (χ1) is 6.39. The molecule has 78 valence electrons. The van der Waals surface area contributed by atoms with E-state index >= 15 is 0 Å². The average molecular weight is 255 g/mol. The van der Waals surface area contributed by atoms with E-state index in [2.05, 4.69) is 4.98 Å². The second kappa shape index (κ2) is 4.67. The van der Waals surface area contributed by atoms with Gasteiger partial charge in [-0.25, -0.2) is 0 Å². The quantitative estimate of drug-likeness (QED) is 0.823. The third-order valence-corrected chi connectivity index (χ3v) is 2.48. The number of aliphatic hydroxyl groups is 1. The SMILES string of the molecule is Cc1cccc(C[C@@H](O)C(Cl)(Cl)Cl)n1. The Bertz CT molecular complexity index is 311. The monoisotopic (exact) mass is 253 g/mol. The number of aliphatic hydroxyl groups excluding tert-OH is 1. The molecular weight excluding hydrogens is 244 g/mol. The first-order valence-corrected chi connectivity index (χ1v) is 5.20. The van der Waals surface area contributed by atoms with Gasteiger partial charge in [0.2, 0.25) is 3.79 Å². The van der Waals surface area contributed by atoms with Gasteiger partial charge in [0.15, 0.2) is 0 Å². The van der Waals surface area contributed by atoms with Crippen molar-refractivity contribution in [3.05, 3.63) is 29.6 Å². The second-order valence-corrected chi connectivity index (χ2v) is 5.40. The number of rotatable bonds is 2. The Morgan fingerprint density at radius 1 is 1.43 bits per heavy atom. The molecule has 0 aromatic carbocycles. The molecule has 1 rings (SSSR count). The zero-order chi connectivity index (χ0) is 10.8. The van der Waals surface area contributed by atoms with Crippen LogP contribution in [0.25, 0.3) is 0 Å². The van der Waals surface area contributed by atoms with Crippen molar-refractivity contribution >= 4 is 34.8 Å². The van der Waals surface area contributed by atoms with E-state index in [4.69, 9.17) is 34.8 Å². The molecule has 0 bridgehead atoms. The Kier molecular flexibility index (Phi) is 4.02. The van der Waals surface area contributed by atoms with E-state index in [9.17, 15) is 5.11 Å². The van der Waals surface area contributed by atoms with Crippen LogP contribution in [0.15, 0.2) is 18.2 Å². The highest BCUT2D eigenvalue weighted by atomic mass is 35.6. The zero-order valence-electron chi connectivity index (χ0n) is 7.54. The minimum Gasteiger partial charge on any atom is -0.388 e. The van der Waals surface area contributed by atoms with Crippen molar-refractivity contribution < 1.29 is 5.11 Å². The van der Waals surface area contributed by atoms with Crippen LogP contribution in [0.4, 0.5) is 0 Å². The summed E-state index contributed by atoms with van der Waals surface area (Å²) in [7, 11) is 0. The maximum atomic E-state index is 9.49. The third-order valence-electron chi connectivity index (χ3n) is 1.73. The smallest absolute Gasteiger partial charge is 0.216 e. The van der Waals surface area contributed by atoms with Gasteiger partial charge < -0.3 is 5.11 Å². The molecule has 0 fully saturated rings. The molecule has 0 aliphatic rings. The minimum absolute atomic E-state index is 0.234. The van der Waals surface area contributed by atoms with E-state index in [1.54, 1.807) is 6.07 Å². The standard InChI is InChI=1S/C9H10Cl3NO/c1-6-3-2-4-7(13-6)5-8(14)9(10,11)12/h2-4,8,14H,5H2,1H3/t8-/m1/s1. The molecule has 1 heterocycles. The molecule has 0 saturated heterocycles. The molecule has 1 aromatic heterocycles. The maximum absolute atomic E-state index is 9.49. The Morgan fingerprint density at radius 3 is 2.57 bits per heavy atom. The second-order valence-electron chi connectivity index (χ2n) is 3.03. The summed E-state index contributed by atoms with van der Waals surface area (Å²) >= 11 is 16.6. The topological polar surface area (TPSA) is 33.1 Å². The fourth-order valence-electron chi connectivity index (χ4n) is 1.03. The highest BCUT2D eigenvalue weighted by Crippen LogP contribution is 2.31. The van der Waals surface area contributed by atoms with Crippen LogP contribution in [-0.4, -0.2) is 20.0 Å². The van der Waals surface area contributed by atoms with Crippen molar-refractivity contribution in [3.63, 3.8) is 0 Å². The van der Waals surface area contributed by atoms with Crippen LogP contribution in [0.3, 0.4) is 0 Å². The number of halogens is 3. The molecule has 0 spiro atoms. The lowest BCUT2D eigenvalue weighted by Crippen LogP contribution is -2.27. The minimum atomic E-state index is -1.66. The number of alkyl halides is 3. The highest BCUT2D eigenvalue weighted by molar-refractivity contribution is 6.68. The van der Waals surface area contributed by atoms with E-state index < -0.39 is 9.90 Å². The first kappa shape index (κ1) is 12.1. The van der Waals surface area contributed by atoms with Crippen LogP contribution in [0.2, 0.25) is 0 Å². The number of aryl methyl sites for hydroxylation is 1. The molecule has 0 amide bonds. The van der Waals surface area contributed by atoms with Gasteiger partial charge in [-0.3, -0.25) is 4.98 Å². The maximum Gasteiger partial charge on any atom is 0.216 e. The zero-order valence-corrected chi connectivity index (χ0v) is 9.81. The van der Waals surface area contributed by atoms with Crippen LogP contribution in [-0.2, 0) is 6.42 Å². The Balaban J connectivity index is 2.70. The lowest BCUT2D eigenvalue weighted by atomic mass is 10.2. The van der Waals surface area contributed by atoms with Crippen LogP contribution >= 0.6 is 34.8 Å². The molecule has 0 aliphatic carbocycles. The number of pyridine rings is 1. The van der Waals surface area contributed by atoms with Crippen LogP contribution in [0, 0.1) is 6.92 Å². The Hall–Kier alpha value is -0.0200. The highest BCUT2D eigenvalue weighted by Gasteiger charge is 2.30. The summed E-state index contributed by atoms with van der Waals surface area (Å²) < 4.78 is -1.66. The summed E-state index contributed by atoms with van der Waals surface area (Å²) in [4.78, 5) is 4.19. The number of hydrogen-bond acceptors (Lipinski definition) is 2. The van der Waals surface area contributed by atoms with Gasteiger partial charge in [0.1, 0.15) is 6.10 Å². The molecule has 5 heteroatoms. The summed E-state index contributed by atoms with van der Waals surface area (Å²) in [5, 5.41) is 9.49. The van der Waals surface area contributed by atoms with Gasteiger partial charge in [-0.2, -0.15) is 0 Å². The molecular formula is C9H10Cl3NO. The predicted molar refractivity (Wildman–Crippen MR) is 59.0 cm³/mol. The molecule has 0 aliphatic heterocycles. The molecule has 0 radical (unpaired) electrons. The van der Waals surface area contributed by atoms with Gasteiger partial charge in [0.05, 0.1) is 0 Å². The molecule has 1 N–H and O–H groups in total. The average Bonchev–Trinajstić information content (AvgIpc) is 2.02. The summed E-state index contributed by atoms with van der Waals surface area (Å²) in [5.74, 6) is 0. The van der Waals surface area contributed by atoms with E-state index in [0.29, 0.717) is 5.69 Å². The number of hydrogen-bond donors (Lipinski definition) is 1. The summed E-state index contributed by atoms with van der Waals surface area (Å²) in [6.45, 7) is 1.87. The predicted octanol–water partition coefficient (Wildman–Crippen LogP) is 2.66. The molecule has 0 unspecified atom stereocenters. The van der Waals surface area contributed by atoms with E-state index in [1.165, 1.54) is 0 Å². The van der Waals surface area contributed by atoms with Gasteiger partial charge in [-0.1, -0.05) is 40.9 Å². The van der Waals surface area contributed by atoms with Gasteiger partial charge in [-0.15, -0.1) is 0 Å². The summed E-state index contributed by atoms with van der Waals surface area (Å²) in [6.07, 6.45) is -0.806. The van der Waals surface area contributed by atoms with Crippen molar-refractivity contribution in [2.75, 3.05) is 0 Å². The Labute approximate surface area is 97.8 Å². The molecule has 1 atom stereocenters. The summed E-state index contributed by atoms with van der Waals surface area (Å²) in [6, 6.07) is 5.50. The number of nitrogens with zero attached hydrogens (tertiary/aromatic N) is 1. The largest absolute Gasteiger partial charge is 0.388 e.